The Morgan fingerprint density at radius 1 is 1.07 bits per heavy atom. The number of esters is 1. The number of pyridine rings is 1. The molecule has 3 aromatic rings. The molecule has 16 heteroatoms. The van der Waals surface area contributed by atoms with E-state index in [1.54, 1.807) is 31.6 Å². The second-order valence-corrected chi connectivity index (χ2v) is 17.7. The van der Waals surface area contributed by atoms with Crippen molar-refractivity contribution < 1.29 is 42.9 Å². The van der Waals surface area contributed by atoms with E-state index in [0.717, 1.165) is 31.2 Å². The van der Waals surface area contributed by atoms with Crippen molar-refractivity contribution >= 4 is 57.2 Å². The number of aryl methyl sites for hydroxylation is 1. The van der Waals surface area contributed by atoms with Gasteiger partial charge in [-0.3, -0.25) is 14.4 Å². The minimum atomic E-state index is -1.32. The molecule has 3 heterocycles. The van der Waals surface area contributed by atoms with Crippen LogP contribution in [-0.4, -0.2) is 95.2 Å². The predicted octanol–water partition coefficient (Wildman–Crippen LogP) is 6.25. The maximum absolute atomic E-state index is 14.5. The molecule has 2 saturated carbocycles. The van der Waals surface area contributed by atoms with Crippen molar-refractivity contribution in [1.82, 2.24) is 25.5 Å². The van der Waals surface area contributed by atoms with Gasteiger partial charge in [-0.15, -0.1) is 17.9 Å². The lowest BCUT2D eigenvalue weighted by Crippen LogP contribution is -2.56. The normalized spacial score (nSPS) is 21.9. The Hall–Kier alpha value is -5.51. The summed E-state index contributed by atoms with van der Waals surface area (Å²) < 4.78 is 23.0. The molecule has 316 valence electrons. The number of nitrogens with one attached hydrogen (secondary N) is 3. The van der Waals surface area contributed by atoms with E-state index in [-0.39, 0.29) is 36.3 Å². The standard InChI is InChI=1S/C43H54N6O9S/c1-10-25-19-43(25,39(53)56-9)48-37(51)31-17-27(21-49(31)38(52)35(23(2)3)47-41(54)58-26-13-11-12-14-26)57-33-18-29(44-36-24(4)32(55-8)16-15-28(33)36)30-22-59-40(45-30)46-34(50)20-42(5,6)7/h10,15-16,18,22,25-27,31,35H,1-2,11-14,17,19-21H2,3-9H3,(H,47,54)(H,48,51)(H,45,46,50)/t25-,27-,31+,35+,43-/m1/s1. The van der Waals surface area contributed by atoms with Gasteiger partial charge in [0, 0.05) is 41.2 Å². The van der Waals surface area contributed by atoms with Crippen LogP contribution < -0.4 is 25.4 Å². The first-order valence-corrected chi connectivity index (χ1v) is 20.7. The van der Waals surface area contributed by atoms with Gasteiger partial charge in [0.25, 0.3) is 0 Å². The van der Waals surface area contributed by atoms with E-state index in [9.17, 15) is 24.0 Å². The Morgan fingerprint density at radius 2 is 1.80 bits per heavy atom. The van der Waals surface area contributed by atoms with E-state index in [4.69, 9.17) is 23.9 Å². The Balaban J connectivity index is 1.32. The zero-order valence-electron chi connectivity index (χ0n) is 34.8. The number of fused-ring (bicyclic) bond motifs is 1. The number of benzene rings is 1. The first-order valence-electron chi connectivity index (χ1n) is 19.8. The molecule has 0 spiro atoms. The van der Waals surface area contributed by atoms with E-state index < -0.39 is 47.6 Å². The molecule has 2 aliphatic carbocycles. The van der Waals surface area contributed by atoms with Crippen molar-refractivity contribution in [1.29, 1.82) is 0 Å². The Morgan fingerprint density at radius 3 is 2.42 bits per heavy atom. The Labute approximate surface area is 348 Å². The molecule has 3 aliphatic rings. The molecule has 59 heavy (non-hydrogen) atoms. The molecule has 3 fully saturated rings. The van der Waals surface area contributed by atoms with Gasteiger partial charge in [0.15, 0.2) is 5.13 Å². The summed E-state index contributed by atoms with van der Waals surface area (Å²) in [6, 6.07) is 3.06. The third kappa shape index (κ3) is 9.53. The monoisotopic (exact) mass is 830 g/mol. The summed E-state index contributed by atoms with van der Waals surface area (Å²) in [4.78, 5) is 78.4. The molecule has 0 bridgehead atoms. The lowest BCUT2D eigenvalue weighted by molar-refractivity contribution is -0.148. The van der Waals surface area contributed by atoms with Crippen molar-refractivity contribution in [3.63, 3.8) is 0 Å². The van der Waals surface area contributed by atoms with Gasteiger partial charge in [-0.05, 0) is 69.1 Å². The van der Waals surface area contributed by atoms with Gasteiger partial charge in [-0.25, -0.2) is 19.6 Å². The minimum Gasteiger partial charge on any atom is -0.496 e. The summed E-state index contributed by atoms with van der Waals surface area (Å²) in [5.74, 6) is -1.27. The zero-order chi connectivity index (χ0) is 42.8. The van der Waals surface area contributed by atoms with Crippen LogP contribution in [0.25, 0.3) is 22.3 Å². The smallest absolute Gasteiger partial charge is 0.408 e. The molecule has 1 aromatic carbocycles. The first-order chi connectivity index (χ1) is 28.0. The number of carbonyl (C=O) groups is 5. The molecule has 4 amide bonds. The summed E-state index contributed by atoms with van der Waals surface area (Å²) in [7, 11) is 2.82. The maximum atomic E-state index is 14.5. The topological polar surface area (TPSA) is 187 Å². The molecule has 3 N–H and O–H groups in total. The van der Waals surface area contributed by atoms with Gasteiger partial charge in [-0.2, -0.15) is 0 Å². The highest BCUT2D eigenvalue weighted by molar-refractivity contribution is 7.14. The molecule has 6 rings (SSSR count). The van der Waals surface area contributed by atoms with Gasteiger partial charge in [-0.1, -0.05) is 33.4 Å². The molecular formula is C43H54N6O9S. The average Bonchev–Trinajstić information content (AvgIpc) is 3.60. The van der Waals surface area contributed by atoms with E-state index in [1.165, 1.54) is 23.3 Å². The first kappa shape index (κ1) is 43.1. The quantitative estimate of drug-likeness (QED) is 0.123. The summed E-state index contributed by atoms with van der Waals surface area (Å²) >= 11 is 1.27. The Bertz CT molecular complexity index is 2160. The van der Waals surface area contributed by atoms with Crippen LogP contribution in [0.1, 0.15) is 78.2 Å². The number of amides is 4. The number of carbonyl (C=O) groups excluding carboxylic acids is 5. The van der Waals surface area contributed by atoms with E-state index in [2.05, 4.69) is 34.1 Å². The predicted molar refractivity (Wildman–Crippen MR) is 223 cm³/mol. The highest BCUT2D eigenvalue weighted by Crippen LogP contribution is 2.46. The average molecular weight is 831 g/mol. The minimum absolute atomic E-state index is 0.0396. The summed E-state index contributed by atoms with van der Waals surface area (Å²) in [5, 5.41) is 11.3. The molecule has 1 aliphatic heterocycles. The van der Waals surface area contributed by atoms with Gasteiger partial charge in [0.1, 0.15) is 47.0 Å². The molecule has 0 radical (unpaired) electrons. The van der Waals surface area contributed by atoms with Gasteiger partial charge < -0.3 is 39.8 Å². The fraction of sp³-hybridized carbons (Fsp3) is 0.512. The fourth-order valence-corrected chi connectivity index (χ4v) is 8.56. The highest BCUT2D eigenvalue weighted by atomic mass is 32.1. The van der Waals surface area contributed by atoms with Gasteiger partial charge in [0.2, 0.25) is 17.7 Å². The number of methoxy groups -OCH3 is 2. The van der Waals surface area contributed by atoms with E-state index in [0.29, 0.717) is 57.3 Å². The van der Waals surface area contributed by atoms with E-state index >= 15 is 0 Å². The van der Waals surface area contributed by atoms with Gasteiger partial charge >= 0.3 is 12.1 Å². The number of likely N-dealkylation sites (tertiary alicyclic amines) is 1. The van der Waals surface area contributed by atoms with Crippen LogP contribution in [0.2, 0.25) is 0 Å². The number of anilines is 1. The number of hydrogen-bond acceptors (Lipinski definition) is 12. The second-order valence-electron chi connectivity index (χ2n) is 16.8. The van der Waals surface area contributed by atoms with Crippen LogP contribution in [0.5, 0.6) is 11.5 Å². The number of nitrogens with zero attached hydrogens (tertiary/aromatic N) is 3. The van der Waals surface area contributed by atoms with Gasteiger partial charge in [0.05, 0.1) is 32.0 Å². The van der Waals surface area contributed by atoms with Crippen molar-refractivity contribution in [3.05, 3.63) is 53.9 Å². The van der Waals surface area contributed by atoms with Crippen LogP contribution in [0.15, 0.2) is 48.4 Å². The lowest BCUT2D eigenvalue weighted by atomic mass is 9.92. The maximum Gasteiger partial charge on any atom is 0.408 e. The number of aromatic nitrogens is 2. The number of ether oxygens (including phenoxy) is 4. The van der Waals surface area contributed by atoms with Crippen molar-refractivity contribution in [3.8, 4) is 22.9 Å². The van der Waals surface area contributed by atoms with E-state index in [1.807, 2.05) is 39.8 Å². The molecule has 1 saturated heterocycles. The van der Waals surface area contributed by atoms with Crippen LogP contribution in [0, 0.1) is 18.3 Å². The summed E-state index contributed by atoms with van der Waals surface area (Å²) in [6.45, 7) is 17.2. The molecular weight excluding hydrogens is 777 g/mol. The molecule has 5 atom stereocenters. The Kier molecular flexibility index (Phi) is 12.7. The number of hydrogen-bond donors (Lipinski definition) is 3. The summed E-state index contributed by atoms with van der Waals surface area (Å²) in [5.41, 5.74) is 1.13. The zero-order valence-corrected chi connectivity index (χ0v) is 35.6. The lowest BCUT2D eigenvalue weighted by Gasteiger charge is -2.29. The number of rotatable bonds is 14. The van der Waals surface area contributed by atoms with Crippen LogP contribution >= 0.6 is 11.3 Å². The largest absolute Gasteiger partial charge is 0.496 e. The number of alkyl carbamates (subject to hydrolysis) is 1. The van der Waals surface area contributed by atoms with Crippen LogP contribution in [0.3, 0.4) is 0 Å². The SMILES string of the molecule is C=C[C@@H]1C[C@]1(NC(=O)[C@@H]1C[C@@H](Oc2cc(-c3csc(NC(=O)CC(C)(C)C)n3)nc3c(C)c(OC)ccc23)CN1C(=O)[C@@H](NC(=O)OC1CCCC1)C(=C)C)C(=O)OC. The fourth-order valence-electron chi connectivity index (χ4n) is 7.84. The molecule has 2 aromatic heterocycles. The third-order valence-electron chi connectivity index (χ3n) is 11.0. The highest BCUT2D eigenvalue weighted by Gasteiger charge is 2.62. The second kappa shape index (κ2) is 17.4. The van der Waals surface area contributed by atoms with Crippen LogP contribution in [0.4, 0.5) is 9.93 Å². The van der Waals surface area contributed by atoms with Crippen molar-refractivity contribution in [2.24, 2.45) is 11.3 Å². The molecule has 0 unspecified atom stereocenters. The third-order valence-corrected chi connectivity index (χ3v) is 11.7. The van der Waals surface area contributed by atoms with Crippen molar-refractivity contribution in [2.45, 2.75) is 109 Å². The molecule has 15 nitrogen and oxygen atoms in total. The van der Waals surface area contributed by atoms with Crippen molar-refractivity contribution in [2.75, 3.05) is 26.1 Å². The van der Waals surface area contributed by atoms with Crippen LogP contribution in [-0.2, 0) is 28.7 Å². The number of thiazole rings is 1. The summed E-state index contributed by atoms with van der Waals surface area (Å²) in [6.07, 6.45) is 3.92.